The van der Waals surface area contributed by atoms with Gasteiger partial charge in [-0.15, -0.1) is 0 Å². The number of carbonyl (C=O) groups excluding carboxylic acids is 3. The molecule has 0 aromatic carbocycles. The highest BCUT2D eigenvalue weighted by Crippen LogP contribution is 2.24. The van der Waals surface area contributed by atoms with E-state index in [1.165, 1.54) is 0 Å². The Morgan fingerprint density at radius 3 is 1.86 bits per heavy atom. The zero-order chi connectivity index (χ0) is 16.7. The molecule has 0 aliphatic carbocycles. The van der Waals surface area contributed by atoms with Gasteiger partial charge in [-0.3, -0.25) is 0 Å². The second-order valence-corrected chi connectivity index (χ2v) is 4.43. The maximum absolute atomic E-state index is 11.5. The molecule has 22 heavy (non-hydrogen) atoms. The highest BCUT2D eigenvalue weighted by Gasteiger charge is 2.45. The Balaban J connectivity index is 2.99. The third-order valence-corrected chi connectivity index (χ3v) is 2.95. The average molecular weight is 310 g/mol. The standard InChI is InChI=1S/C15H18O7/c1-5-11(16)20-10-8-19-9(4)14(21-12(17)6-2)15(10)22-13(18)7-3/h5-7,9-10,14-15H,1-3,8H2,4H3/t9?,10-,14-,15-/m1/s1. The van der Waals surface area contributed by atoms with E-state index in [9.17, 15) is 14.4 Å². The second kappa shape index (κ2) is 8.14. The predicted molar refractivity (Wildman–Crippen MR) is 75.6 cm³/mol. The van der Waals surface area contributed by atoms with Gasteiger partial charge in [0.15, 0.2) is 18.3 Å². The first-order valence-corrected chi connectivity index (χ1v) is 6.53. The molecule has 1 aliphatic heterocycles. The molecule has 1 saturated heterocycles. The van der Waals surface area contributed by atoms with Gasteiger partial charge in [-0.1, -0.05) is 19.7 Å². The molecule has 1 unspecified atom stereocenters. The molecule has 1 heterocycles. The number of hydrogen-bond donors (Lipinski definition) is 0. The zero-order valence-electron chi connectivity index (χ0n) is 12.2. The van der Waals surface area contributed by atoms with Crippen molar-refractivity contribution >= 4 is 17.9 Å². The summed E-state index contributed by atoms with van der Waals surface area (Å²) in [6, 6.07) is 0. The maximum atomic E-state index is 11.5. The van der Waals surface area contributed by atoms with Gasteiger partial charge in [-0.05, 0) is 6.92 Å². The van der Waals surface area contributed by atoms with Crippen molar-refractivity contribution in [2.24, 2.45) is 0 Å². The molecule has 0 bridgehead atoms. The fourth-order valence-corrected chi connectivity index (χ4v) is 1.88. The largest absolute Gasteiger partial charge is 0.453 e. The lowest BCUT2D eigenvalue weighted by Gasteiger charge is -2.39. The molecule has 120 valence electrons. The van der Waals surface area contributed by atoms with Gasteiger partial charge in [0, 0.05) is 18.2 Å². The Morgan fingerprint density at radius 2 is 1.36 bits per heavy atom. The van der Waals surface area contributed by atoms with Gasteiger partial charge in [0.2, 0.25) is 0 Å². The van der Waals surface area contributed by atoms with Gasteiger partial charge < -0.3 is 18.9 Å². The highest BCUT2D eigenvalue weighted by atomic mass is 16.6. The smallest absolute Gasteiger partial charge is 0.330 e. The number of rotatable bonds is 6. The lowest BCUT2D eigenvalue weighted by molar-refractivity contribution is -0.220. The molecular weight excluding hydrogens is 292 g/mol. The van der Waals surface area contributed by atoms with E-state index >= 15 is 0 Å². The Kier molecular flexibility index (Phi) is 6.52. The quantitative estimate of drug-likeness (QED) is 0.405. The highest BCUT2D eigenvalue weighted by molar-refractivity contribution is 5.83. The van der Waals surface area contributed by atoms with Crippen LogP contribution >= 0.6 is 0 Å². The summed E-state index contributed by atoms with van der Waals surface area (Å²) in [5.74, 6) is -2.16. The first-order valence-electron chi connectivity index (χ1n) is 6.53. The van der Waals surface area contributed by atoms with Gasteiger partial charge in [-0.2, -0.15) is 0 Å². The van der Waals surface area contributed by atoms with E-state index in [0.29, 0.717) is 0 Å². The van der Waals surface area contributed by atoms with Crippen LogP contribution in [0.1, 0.15) is 6.92 Å². The summed E-state index contributed by atoms with van der Waals surface area (Å²) < 4.78 is 20.8. The molecule has 4 atom stereocenters. The number of hydrogen-bond acceptors (Lipinski definition) is 7. The molecule has 1 aliphatic rings. The minimum atomic E-state index is -1.03. The van der Waals surface area contributed by atoms with Crippen LogP contribution in [0, 0.1) is 0 Å². The number of carbonyl (C=O) groups is 3. The summed E-state index contributed by atoms with van der Waals surface area (Å²) in [5.41, 5.74) is 0. The Hall–Kier alpha value is -2.41. The van der Waals surface area contributed by atoms with Crippen molar-refractivity contribution in [3.05, 3.63) is 38.0 Å². The lowest BCUT2D eigenvalue weighted by atomic mass is 10.00. The third-order valence-electron chi connectivity index (χ3n) is 2.95. The third kappa shape index (κ3) is 4.56. The minimum Gasteiger partial charge on any atom is -0.453 e. The van der Waals surface area contributed by atoms with Crippen molar-refractivity contribution < 1.29 is 33.3 Å². The lowest BCUT2D eigenvalue weighted by Crippen LogP contribution is -2.56. The molecule has 0 saturated carbocycles. The van der Waals surface area contributed by atoms with Crippen LogP contribution in [0.3, 0.4) is 0 Å². The van der Waals surface area contributed by atoms with E-state index in [2.05, 4.69) is 19.7 Å². The Labute approximate surface area is 128 Å². The van der Waals surface area contributed by atoms with E-state index in [1.54, 1.807) is 6.92 Å². The van der Waals surface area contributed by atoms with Gasteiger partial charge in [0.1, 0.15) is 0 Å². The predicted octanol–water partition coefficient (Wildman–Crippen LogP) is 0.698. The summed E-state index contributed by atoms with van der Waals surface area (Å²) in [4.78, 5) is 34.3. The van der Waals surface area contributed by atoms with Gasteiger partial charge >= 0.3 is 17.9 Å². The molecule has 1 fully saturated rings. The Morgan fingerprint density at radius 1 is 0.909 bits per heavy atom. The minimum absolute atomic E-state index is 0.0159. The number of esters is 3. The van der Waals surface area contributed by atoms with Gasteiger partial charge in [-0.25, -0.2) is 14.4 Å². The molecule has 0 amide bonds. The summed E-state index contributed by atoms with van der Waals surface area (Å²) in [6.45, 7) is 11.5. The summed E-state index contributed by atoms with van der Waals surface area (Å²) >= 11 is 0. The van der Waals surface area contributed by atoms with Crippen LogP contribution in [0.15, 0.2) is 38.0 Å². The van der Waals surface area contributed by atoms with E-state index in [0.717, 1.165) is 18.2 Å². The SMILES string of the molecule is C=CC(=O)O[C@H]1[C@H](OC(=O)C=C)C(C)OC[C@H]1OC(=O)C=C. The summed E-state index contributed by atoms with van der Waals surface area (Å²) in [5, 5.41) is 0. The van der Waals surface area contributed by atoms with E-state index in [1.807, 2.05) is 0 Å². The monoisotopic (exact) mass is 310 g/mol. The van der Waals surface area contributed by atoms with Crippen molar-refractivity contribution in [3.8, 4) is 0 Å². The van der Waals surface area contributed by atoms with Crippen molar-refractivity contribution in [1.29, 1.82) is 0 Å². The first kappa shape index (κ1) is 17.6. The van der Waals surface area contributed by atoms with Crippen LogP contribution in [0.4, 0.5) is 0 Å². The average Bonchev–Trinajstić information content (AvgIpc) is 2.52. The van der Waals surface area contributed by atoms with Crippen LogP contribution < -0.4 is 0 Å². The molecule has 0 spiro atoms. The van der Waals surface area contributed by atoms with Crippen LogP contribution in [-0.2, 0) is 33.3 Å². The van der Waals surface area contributed by atoms with E-state index in [4.69, 9.17) is 18.9 Å². The molecule has 0 aromatic heterocycles. The topological polar surface area (TPSA) is 88.1 Å². The van der Waals surface area contributed by atoms with Gasteiger partial charge in [0.25, 0.3) is 0 Å². The molecule has 0 radical (unpaired) electrons. The summed E-state index contributed by atoms with van der Waals surface area (Å²) in [7, 11) is 0. The second-order valence-electron chi connectivity index (χ2n) is 4.43. The van der Waals surface area contributed by atoms with Crippen molar-refractivity contribution in [2.75, 3.05) is 6.61 Å². The normalized spacial score (nSPS) is 27.1. The van der Waals surface area contributed by atoms with Crippen LogP contribution in [-0.4, -0.2) is 48.9 Å². The van der Waals surface area contributed by atoms with E-state index in [-0.39, 0.29) is 6.61 Å². The van der Waals surface area contributed by atoms with Crippen LogP contribution in [0.25, 0.3) is 0 Å². The molecule has 0 aromatic rings. The number of ether oxygens (including phenoxy) is 4. The first-order chi connectivity index (χ1) is 10.4. The van der Waals surface area contributed by atoms with Crippen molar-refractivity contribution in [1.82, 2.24) is 0 Å². The molecule has 7 nitrogen and oxygen atoms in total. The zero-order valence-corrected chi connectivity index (χ0v) is 12.2. The Bertz CT molecular complexity index is 482. The van der Waals surface area contributed by atoms with Crippen LogP contribution in [0.2, 0.25) is 0 Å². The molecule has 1 rings (SSSR count). The fraction of sp³-hybridized carbons (Fsp3) is 0.400. The van der Waals surface area contributed by atoms with Crippen molar-refractivity contribution in [2.45, 2.75) is 31.3 Å². The maximum Gasteiger partial charge on any atom is 0.330 e. The van der Waals surface area contributed by atoms with Crippen LogP contribution in [0.5, 0.6) is 0 Å². The van der Waals surface area contributed by atoms with Crippen molar-refractivity contribution in [3.63, 3.8) is 0 Å². The summed E-state index contributed by atoms with van der Waals surface area (Å²) in [6.07, 6.45) is -0.585. The van der Waals surface area contributed by atoms with E-state index < -0.39 is 42.3 Å². The fourth-order valence-electron chi connectivity index (χ4n) is 1.88. The molecular formula is C15H18O7. The molecule has 7 heteroatoms. The van der Waals surface area contributed by atoms with Gasteiger partial charge in [0.05, 0.1) is 12.7 Å². The molecule has 0 N–H and O–H groups in total.